The molecule has 14 heavy (non-hydrogen) atoms. The maximum absolute atomic E-state index is 10.2. The van der Waals surface area contributed by atoms with Crippen LogP contribution in [0.5, 0.6) is 5.75 Å². The van der Waals surface area contributed by atoms with Gasteiger partial charge in [0, 0.05) is 0 Å². The summed E-state index contributed by atoms with van der Waals surface area (Å²) in [4.78, 5) is 0. The third-order valence-corrected chi connectivity index (χ3v) is 2.43. The van der Waals surface area contributed by atoms with E-state index in [0.29, 0.717) is 0 Å². The van der Waals surface area contributed by atoms with Crippen LogP contribution in [0, 0.1) is 0 Å². The highest BCUT2D eigenvalue weighted by Gasteiger charge is 2.21. The summed E-state index contributed by atoms with van der Waals surface area (Å²) in [5, 5.41) is 10.2. The van der Waals surface area contributed by atoms with E-state index in [0.717, 1.165) is 24.2 Å². The molecule has 0 heterocycles. The highest BCUT2D eigenvalue weighted by molar-refractivity contribution is 5.31. The van der Waals surface area contributed by atoms with Crippen molar-refractivity contribution in [1.82, 2.24) is 0 Å². The molecule has 0 spiro atoms. The van der Waals surface area contributed by atoms with Gasteiger partial charge in [-0.1, -0.05) is 25.5 Å². The number of methoxy groups -OCH3 is 1. The molecule has 2 heteroatoms. The van der Waals surface area contributed by atoms with Gasteiger partial charge < -0.3 is 9.84 Å². The van der Waals surface area contributed by atoms with Crippen molar-refractivity contribution in [2.24, 2.45) is 0 Å². The van der Waals surface area contributed by atoms with Crippen LogP contribution in [0.2, 0.25) is 0 Å². The summed E-state index contributed by atoms with van der Waals surface area (Å²) in [7, 11) is 1.63. The SMILES string of the molecule is CCC[C@](C)(O)c1cccc(OC)c1. The molecule has 1 aromatic carbocycles. The highest BCUT2D eigenvalue weighted by atomic mass is 16.5. The largest absolute Gasteiger partial charge is 0.497 e. The average molecular weight is 194 g/mol. The molecular weight excluding hydrogens is 176 g/mol. The second kappa shape index (κ2) is 4.47. The third-order valence-electron chi connectivity index (χ3n) is 2.43. The Labute approximate surface area is 85.5 Å². The van der Waals surface area contributed by atoms with Crippen molar-refractivity contribution in [1.29, 1.82) is 0 Å². The van der Waals surface area contributed by atoms with Crippen LogP contribution >= 0.6 is 0 Å². The standard InChI is InChI=1S/C12H18O2/c1-4-8-12(2,13)10-6-5-7-11(9-10)14-3/h5-7,9,13H,4,8H2,1-3H3/t12-/m0/s1. The van der Waals surface area contributed by atoms with Crippen molar-refractivity contribution in [3.05, 3.63) is 29.8 Å². The van der Waals surface area contributed by atoms with Gasteiger partial charge in [0.25, 0.3) is 0 Å². The summed E-state index contributed by atoms with van der Waals surface area (Å²) >= 11 is 0. The van der Waals surface area contributed by atoms with E-state index in [9.17, 15) is 5.11 Å². The Bertz CT molecular complexity index is 292. The number of hydrogen-bond acceptors (Lipinski definition) is 2. The van der Waals surface area contributed by atoms with Crippen molar-refractivity contribution in [3.63, 3.8) is 0 Å². The molecule has 0 unspecified atom stereocenters. The predicted octanol–water partition coefficient (Wildman–Crippen LogP) is 2.70. The Hall–Kier alpha value is -1.02. The first-order valence-electron chi connectivity index (χ1n) is 4.97. The Kier molecular flexibility index (Phi) is 3.53. The minimum absolute atomic E-state index is 0.747. The predicted molar refractivity (Wildman–Crippen MR) is 57.5 cm³/mol. The fraction of sp³-hybridized carbons (Fsp3) is 0.500. The zero-order valence-corrected chi connectivity index (χ0v) is 9.08. The number of aliphatic hydroxyl groups is 1. The van der Waals surface area contributed by atoms with Crippen molar-refractivity contribution in [2.45, 2.75) is 32.3 Å². The van der Waals surface area contributed by atoms with Crippen LogP contribution in [0.3, 0.4) is 0 Å². The summed E-state index contributed by atoms with van der Waals surface area (Å²) in [6.45, 7) is 3.90. The molecule has 78 valence electrons. The summed E-state index contributed by atoms with van der Waals surface area (Å²) in [6, 6.07) is 7.59. The van der Waals surface area contributed by atoms with Crippen molar-refractivity contribution in [2.75, 3.05) is 7.11 Å². The molecule has 1 aromatic rings. The van der Waals surface area contributed by atoms with E-state index in [1.54, 1.807) is 7.11 Å². The maximum atomic E-state index is 10.2. The van der Waals surface area contributed by atoms with Gasteiger partial charge in [-0.3, -0.25) is 0 Å². The quantitative estimate of drug-likeness (QED) is 0.798. The summed E-state index contributed by atoms with van der Waals surface area (Å²) < 4.78 is 5.12. The topological polar surface area (TPSA) is 29.5 Å². The first-order chi connectivity index (χ1) is 6.60. The third kappa shape index (κ3) is 2.48. The summed E-state index contributed by atoms with van der Waals surface area (Å²) in [5.74, 6) is 0.791. The zero-order valence-electron chi connectivity index (χ0n) is 9.08. The second-order valence-corrected chi connectivity index (χ2v) is 3.76. The van der Waals surface area contributed by atoms with Gasteiger partial charge in [0.15, 0.2) is 0 Å². The minimum Gasteiger partial charge on any atom is -0.497 e. The van der Waals surface area contributed by atoms with E-state index in [1.807, 2.05) is 31.2 Å². The molecule has 2 nitrogen and oxygen atoms in total. The molecule has 0 aliphatic heterocycles. The van der Waals surface area contributed by atoms with Crippen molar-refractivity contribution < 1.29 is 9.84 Å². The van der Waals surface area contributed by atoms with Gasteiger partial charge in [-0.2, -0.15) is 0 Å². The van der Waals surface area contributed by atoms with Gasteiger partial charge in [-0.05, 0) is 31.0 Å². The van der Waals surface area contributed by atoms with Crippen molar-refractivity contribution in [3.8, 4) is 5.75 Å². The fourth-order valence-corrected chi connectivity index (χ4v) is 1.59. The molecule has 0 aliphatic carbocycles. The van der Waals surface area contributed by atoms with Crippen LogP contribution in [-0.2, 0) is 5.60 Å². The van der Waals surface area contributed by atoms with Gasteiger partial charge in [0.1, 0.15) is 5.75 Å². The Morgan fingerprint density at radius 1 is 1.43 bits per heavy atom. The Balaban J connectivity index is 2.93. The normalized spacial score (nSPS) is 14.9. The molecular formula is C12H18O2. The molecule has 1 atom stereocenters. The van der Waals surface area contributed by atoms with Crippen LogP contribution in [0.1, 0.15) is 32.3 Å². The average Bonchev–Trinajstić information content (AvgIpc) is 2.18. The van der Waals surface area contributed by atoms with Crippen LogP contribution in [0.4, 0.5) is 0 Å². The fourth-order valence-electron chi connectivity index (χ4n) is 1.59. The summed E-state index contributed by atoms with van der Waals surface area (Å²) in [5.41, 5.74) is 0.169. The molecule has 0 saturated carbocycles. The molecule has 0 fully saturated rings. The highest BCUT2D eigenvalue weighted by Crippen LogP contribution is 2.28. The van der Waals surface area contributed by atoms with Crippen LogP contribution in [0.15, 0.2) is 24.3 Å². The number of rotatable bonds is 4. The van der Waals surface area contributed by atoms with Crippen LogP contribution in [-0.4, -0.2) is 12.2 Å². The lowest BCUT2D eigenvalue weighted by Crippen LogP contribution is -2.20. The lowest BCUT2D eigenvalue weighted by Gasteiger charge is -2.23. The Morgan fingerprint density at radius 3 is 2.71 bits per heavy atom. The van der Waals surface area contributed by atoms with Gasteiger partial charge in [-0.15, -0.1) is 0 Å². The monoisotopic (exact) mass is 194 g/mol. The molecule has 1 rings (SSSR count). The van der Waals surface area contributed by atoms with Gasteiger partial charge in [0.2, 0.25) is 0 Å². The first kappa shape index (κ1) is 11.1. The van der Waals surface area contributed by atoms with Gasteiger partial charge >= 0.3 is 0 Å². The molecule has 0 radical (unpaired) electrons. The molecule has 0 saturated heterocycles. The molecule has 0 amide bonds. The van der Waals surface area contributed by atoms with Crippen molar-refractivity contribution >= 4 is 0 Å². The van der Waals surface area contributed by atoms with Gasteiger partial charge in [-0.25, -0.2) is 0 Å². The molecule has 0 bridgehead atoms. The van der Waals surface area contributed by atoms with E-state index >= 15 is 0 Å². The molecule has 0 aromatic heterocycles. The van der Waals surface area contributed by atoms with E-state index in [4.69, 9.17) is 4.74 Å². The lowest BCUT2D eigenvalue weighted by atomic mass is 9.91. The Morgan fingerprint density at radius 2 is 2.14 bits per heavy atom. The van der Waals surface area contributed by atoms with E-state index in [-0.39, 0.29) is 0 Å². The van der Waals surface area contributed by atoms with Crippen LogP contribution < -0.4 is 4.74 Å². The van der Waals surface area contributed by atoms with E-state index < -0.39 is 5.60 Å². The maximum Gasteiger partial charge on any atom is 0.119 e. The lowest BCUT2D eigenvalue weighted by molar-refractivity contribution is 0.0467. The van der Waals surface area contributed by atoms with E-state index in [1.165, 1.54) is 0 Å². The minimum atomic E-state index is -0.747. The van der Waals surface area contributed by atoms with E-state index in [2.05, 4.69) is 6.92 Å². The number of hydrogen-bond donors (Lipinski definition) is 1. The second-order valence-electron chi connectivity index (χ2n) is 3.76. The zero-order chi connectivity index (χ0) is 10.6. The smallest absolute Gasteiger partial charge is 0.119 e. The van der Waals surface area contributed by atoms with Crippen LogP contribution in [0.25, 0.3) is 0 Å². The molecule has 1 N–H and O–H groups in total. The number of ether oxygens (including phenoxy) is 1. The number of benzene rings is 1. The first-order valence-corrected chi connectivity index (χ1v) is 4.97. The molecule has 0 aliphatic rings. The summed E-state index contributed by atoms with van der Waals surface area (Å²) in [6.07, 6.45) is 1.73. The van der Waals surface area contributed by atoms with Gasteiger partial charge in [0.05, 0.1) is 12.7 Å².